The maximum absolute atomic E-state index is 2.38. The van der Waals surface area contributed by atoms with Crippen LogP contribution in [0.1, 0.15) is 0 Å². The van der Waals surface area contributed by atoms with Crippen molar-refractivity contribution in [3.8, 4) is 21.2 Å². The summed E-state index contributed by atoms with van der Waals surface area (Å²) in [6.07, 6.45) is -0.533. The molecule has 142 valence electrons. The van der Waals surface area contributed by atoms with Crippen LogP contribution < -0.4 is 0 Å². The highest BCUT2D eigenvalue weighted by atomic mass is 33.0. The summed E-state index contributed by atoms with van der Waals surface area (Å²) in [5.41, 5.74) is 0. The van der Waals surface area contributed by atoms with Crippen LogP contribution in [0.5, 0.6) is 0 Å². The van der Waals surface area contributed by atoms with Crippen LogP contribution in [0.25, 0.3) is 21.2 Å². The Kier molecular flexibility index (Phi) is 5.97. The van der Waals surface area contributed by atoms with Gasteiger partial charge in [-0.3, -0.25) is 0 Å². The number of benzene rings is 4. The van der Waals surface area contributed by atoms with Crippen molar-refractivity contribution in [3.05, 3.63) is 121 Å². The second-order valence-corrected chi connectivity index (χ2v) is 25.9. The molecular formula is C24H20P4S. The van der Waals surface area contributed by atoms with Crippen LogP contribution in [0, 0.1) is 0 Å². The van der Waals surface area contributed by atoms with E-state index in [0.717, 1.165) is 0 Å². The van der Waals surface area contributed by atoms with Gasteiger partial charge in [-0.15, -0.1) is 0 Å². The molecule has 0 saturated carbocycles. The lowest BCUT2D eigenvalue weighted by Gasteiger charge is -2.12. The van der Waals surface area contributed by atoms with Gasteiger partial charge < -0.3 is 0 Å². The minimum Gasteiger partial charge on any atom is -0.0896 e. The molecule has 0 fully saturated rings. The summed E-state index contributed by atoms with van der Waals surface area (Å²) < 4.78 is 0. The van der Waals surface area contributed by atoms with E-state index in [1.807, 2.05) is 0 Å². The quantitative estimate of drug-likeness (QED) is 0.248. The van der Waals surface area contributed by atoms with Crippen LogP contribution >= 0.6 is 37.1 Å². The van der Waals surface area contributed by atoms with Crippen molar-refractivity contribution in [3.63, 3.8) is 0 Å². The van der Waals surface area contributed by atoms with Crippen LogP contribution in [-0.2, 0) is 0 Å². The molecule has 0 aliphatic rings. The summed E-state index contributed by atoms with van der Waals surface area (Å²) in [7, 11) is 2.31. The first-order valence-electron chi connectivity index (χ1n) is 9.50. The standard InChI is InChI=1S/C24H20P4S/c1-5-13-21(14-6-1)25-26(22-15-7-2-8-16-22)28(24-19-11-4-12-20-24)29-27(25)23-17-9-3-10-18-23/h1-20H. The van der Waals surface area contributed by atoms with Crippen molar-refractivity contribution in [2.24, 2.45) is 0 Å². The Morgan fingerprint density at radius 2 is 0.621 bits per heavy atom. The molecule has 1 heterocycles. The fraction of sp³-hybridized carbons (Fsp3) is 0. The van der Waals surface area contributed by atoms with E-state index in [2.05, 4.69) is 132 Å². The van der Waals surface area contributed by atoms with Crippen LogP contribution in [0.4, 0.5) is 0 Å². The zero-order valence-corrected chi connectivity index (χ0v) is 20.1. The molecule has 4 unspecified atom stereocenters. The highest BCUT2D eigenvalue weighted by molar-refractivity contribution is 8.70. The molecule has 5 heteroatoms. The average molecular weight is 464 g/mol. The first kappa shape index (κ1) is 19.3. The zero-order chi connectivity index (χ0) is 19.5. The molecule has 0 aliphatic carbocycles. The van der Waals surface area contributed by atoms with Gasteiger partial charge in [0.2, 0.25) is 0 Å². The van der Waals surface area contributed by atoms with Crippen molar-refractivity contribution in [1.82, 2.24) is 0 Å². The molecule has 0 spiro atoms. The summed E-state index contributed by atoms with van der Waals surface area (Å²) in [4.78, 5) is 0. The Balaban J connectivity index is 1.89. The van der Waals surface area contributed by atoms with Gasteiger partial charge in [0.25, 0.3) is 0 Å². The number of hydrogen-bond acceptors (Lipinski definition) is 1. The van der Waals surface area contributed by atoms with Crippen molar-refractivity contribution < 1.29 is 0 Å². The van der Waals surface area contributed by atoms with E-state index in [1.165, 1.54) is 0 Å². The Morgan fingerprint density at radius 3 is 0.931 bits per heavy atom. The topological polar surface area (TPSA) is 0 Å². The van der Waals surface area contributed by atoms with Gasteiger partial charge in [0, 0.05) is 21.2 Å². The normalized spacial score (nSPS) is 13.2. The number of hydrogen-bond donors (Lipinski definition) is 0. The minimum absolute atomic E-state index is 0.261. The van der Waals surface area contributed by atoms with E-state index in [1.54, 1.807) is 21.2 Å². The third-order valence-corrected chi connectivity index (χ3v) is 38.0. The Hall–Kier alpha value is -1.70. The monoisotopic (exact) mass is 464 g/mol. The fourth-order valence-corrected chi connectivity index (χ4v) is 54.6. The lowest BCUT2D eigenvalue weighted by atomic mass is 10.4. The van der Waals surface area contributed by atoms with Crippen LogP contribution in [0.3, 0.4) is 0 Å². The maximum Gasteiger partial charge on any atom is 0.0118 e. The van der Waals surface area contributed by atoms with Gasteiger partial charge in [-0.2, -0.15) is 0 Å². The van der Waals surface area contributed by atoms with Crippen molar-refractivity contribution in [1.29, 1.82) is 0 Å². The van der Waals surface area contributed by atoms with Crippen molar-refractivity contribution in [2.45, 2.75) is 0 Å². The van der Waals surface area contributed by atoms with Crippen molar-refractivity contribution >= 4 is 37.1 Å². The average Bonchev–Trinajstić information content (AvgIpc) is 3.22. The molecule has 5 aromatic rings. The maximum atomic E-state index is 2.38. The van der Waals surface area contributed by atoms with Crippen LogP contribution in [0.2, 0.25) is 0 Å². The molecule has 0 aliphatic heterocycles. The molecule has 1 aromatic heterocycles. The first-order chi connectivity index (χ1) is 14.4. The first-order valence-corrected chi connectivity index (χ1v) is 19.0. The molecule has 0 nitrogen and oxygen atoms in total. The van der Waals surface area contributed by atoms with E-state index in [0.29, 0.717) is 0 Å². The summed E-state index contributed by atoms with van der Waals surface area (Å²) in [5, 5.41) is 6.24. The lowest BCUT2D eigenvalue weighted by molar-refractivity contribution is 1.76. The molecular weight excluding hydrogens is 444 g/mol. The Morgan fingerprint density at radius 1 is 0.345 bits per heavy atom. The SMILES string of the molecule is c1ccc(-p2sp(-c3ccccc3)p(-c3ccccc3)p2-c2ccccc2)cc1. The molecule has 29 heavy (non-hydrogen) atoms. The van der Waals surface area contributed by atoms with Crippen LogP contribution in [0.15, 0.2) is 121 Å². The largest absolute Gasteiger partial charge is 0.0896 e. The molecule has 0 bridgehead atoms. The lowest BCUT2D eigenvalue weighted by Crippen LogP contribution is -1.66. The molecule has 0 amide bonds. The molecule has 4 atom stereocenters. The highest BCUT2D eigenvalue weighted by Crippen LogP contribution is 2.89. The molecule has 0 radical (unpaired) electrons. The van der Waals surface area contributed by atoms with E-state index in [-0.39, 0.29) is 26.6 Å². The summed E-state index contributed by atoms with van der Waals surface area (Å²) >= 11 is 0. The number of rotatable bonds is 4. The fourth-order valence-electron chi connectivity index (χ4n) is 3.27. The van der Waals surface area contributed by atoms with Gasteiger partial charge in [-0.25, -0.2) is 0 Å². The van der Waals surface area contributed by atoms with E-state index in [4.69, 9.17) is 0 Å². The molecule has 4 aromatic carbocycles. The van der Waals surface area contributed by atoms with Gasteiger partial charge in [-0.05, 0) is 50.8 Å². The highest BCUT2D eigenvalue weighted by Gasteiger charge is 2.21. The smallest absolute Gasteiger partial charge is 0.0118 e. The molecule has 0 saturated heterocycles. The summed E-state index contributed by atoms with van der Waals surface area (Å²) in [6, 6.07) is 45.3. The van der Waals surface area contributed by atoms with Gasteiger partial charge in [0.05, 0.1) is 0 Å². The van der Waals surface area contributed by atoms with Gasteiger partial charge >= 0.3 is 0 Å². The zero-order valence-electron chi connectivity index (χ0n) is 15.7. The van der Waals surface area contributed by atoms with E-state index in [9.17, 15) is 0 Å². The Labute approximate surface area is 179 Å². The predicted molar refractivity (Wildman–Crippen MR) is 138 cm³/mol. The van der Waals surface area contributed by atoms with Crippen molar-refractivity contribution in [2.75, 3.05) is 0 Å². The third-order valence-electron chi connectivity index (χ3n) is 4.61. The second-order valence-electron chi connectivity index (χ2n) is 6.55. The molecule has 0 N–H and O–H groups in total. The third kappa shape index (κ3) is 4.00. The predicted octanol–water partition coefficient (Wildman–Crippen LogP) is 10.8. The second kappa shape index (κ2) is 8.98. The van der Waals surface area contributed by atoms with E-state index >= 15 is 0 Å². The van der Waals surface area contributed by atoms with Gasteiger partial charge in [0.1, 0.15) is 0 Å². The Bertz CT molecular complexity index is 1120. The van der Waals surface area contributed by atoms with Gasteiger partial charge in [0.15, 0.2) is 0 Å². The summed E-state index contributed by atoms with van der Waals surface area (Å²) in [6.45, 7) is -0.522. The van der Waals surface area contributed by atoms with E-state index < -0.39 is 0 Å². The molecule has 5 rings (SSSR count). The summed E-state index contributed by atoms with van der Waals surface area (Å²) in [5.74, 6) is 0. The van der Waals surface area contributed by atoms with Crippen LogP contribution in [-0.4, -0.2) is 0 Å². The minimum atomic E-state index is -0.267. The van der Waals surface area contributed by atoms with Gasteiger partial charge in [-0.1, -0.05) is 108 Å².